The highest BCUT2D eigenvalue weighted by molar-refractivity contribution is 5.92. The van der Waals surface area contributed by atoms with Crippen LogP contribution in [0.3, 0.4) is 0 Å². The Labute approximate surface area is 156 Å². The molecular weight excluding hydrogens is 344 g/mol. The minimum atomic E-state index is -0.776. The molecule has 0 aliphatic rings. The summed E-state index contributed by atoms with van der Waals surface area (Å²) in [4.78, 5) is 33.0. The Balaban J connectivity index is 1.56. The zero-order valence-corrected chi connectivity index (χ0v) is 14.5. The van der Waals surface area contributed by atoms with Crippen LogP contribution in [-0.4, -0.2) is 11.9 Å². The molecule has 134 valence electrons. The van der Waals surface area contributed by atoms with Crippen LogP contribution in [0.1, 0.15) is 26.3 Å². The van der Waals surface area contributed by atoms with Gasteiger partial charge in [0, 0.05) is 0 Å². The molecule has 0 atom stereocenters. The number of rotatable bonds is 4. The lowest BCUT2D eigenvalue weighted by molar-refractivity contribution is -0.187. The smallest absolute Gasteiger partial charge is 0.242 e. The van der Waals surface area contributed by atoms with Gasteiger partial charge in [0.05, 0.1) is 22.5 Å². The first-order valence-electron chi connectivity index (χ1n) is 8.18. The molecular formula is C21H16N2O4. The molecule has 0 radical (unpaired) electrons. The number of hydrogen-bond acceptors (Lipinski definition) is 6. The van der Waals surface area contributed by atoms with Crippen molar-refractivity contribution in [3.8, 4) is 0 Å². The number of hydrogen-bond donors (Lipinski definition) is 0. The second kappa shape index (κ2) is 8.53. The van der Waals surface area contributed by atoms with Crippen molar-refractivity contribution >= 4 is 23.3 Å². The fourth-order valence-corrected chi connectivity index (χ4v) is 2.14. The molecule has 0 amide bonds. The largest absolute Gasteiger partial charge is 0.386 e. The second-order valence-electron chi connectivity index (χ2n) is 5.69. The fourth-order valence-electron chi connectivity index (χ4n) is 2.14. The molecule has 0 aliphatic heterocycles. The van der Waals surface area contributed by atoms with Crippen molar-refractivity contribution in [2.75, 3.05) is 0 Å². The summed E-state index contributed by atoms with van der Waals surface area (Å²) in [5, 5.41) is 8.18. The molecule has 0 fully saturated rings. The molecule has 3 rings (SSSR count). The molecule has 6 heteroatoms. The topological polar surface area (TPSA) is 77.3 Å². The monoisotopic (exact) mass is 360 g/mol. The van der Waals surface area contributed by atoms with E-state index in [-0.39, 0.29) is 5.56 Å². The lowest BCUT2D eigenvalue weighted by atomic mass is 10.2. The number of benzene rings is 3. The minimum Gasteiger partial charge on any atom is -0.242 e. The summed E-state index contributed by atoms with van der Waals surface area (Å²) in [6.07, 6.45) is 0. The van der Waals surface area contributed by atoms with E-state index in [2.05, 4.69) is 20.0 Å². The normalized spacial score (nSPS) is 10.6. The van der Waals surface area contributed by atoms with Crippen molar-refractivity contribution in [2.45, 2.75) is 6.92 Å². The van der Waals surface area contributed by atoms with Gasteiger partial charge >= 0.3 is 11.9 Å². The van der Waals surface area contributed by atoms with Gasteiger partial charge < -0.3 is 0 Å². The molecule has 6 nitrogen and oxygen atoms in total. The number of aryl methyl sites for hydroxylation is 1. The average Bonchev–Trinajstić information content (AvgIpc) is 2.72. The Kier molecular flexibility index (Phi) is 5.69. The average molecular weight is 360 g/mol. The highest BCUT2D eigenvalue weighted by Crippen LogP contribution is 2.18. The van der Waals surface area contributed by atoms with Gasteiger partial charge in [0.2, 0.25) is 0 Å². The van der Waals surface area contributed by atoms with E-state index in [0.717, 1.165) is 11.3 Å². The van der Waals surface area contributed by atoms with E-state index in [1.165, 1.54) is 12.1 Å². The van der Waals surface area contributed by atoms with E-state index in [1.54, 1.807) is 36.4 Å². The zero-order valence-electron chi connectivity index (χ0n) is 14.5. The van der Waals surface area contributed by atoms with Crippen LogP contribution in [0.15, 0.2) is 89.1 Å². The molecule has 0 aliphatic carbocycles. The first-order valence-corrected chi connectivity index (χ1v) is 8.18. The van der Waals surface area contributed by atoms with Gasteiger partial charge in [-0.05, 0) is 55.5 Å². The van der Waals surface area contributed by atoms with Gasteiger partial charge in [-0.1, -0.05) is 35.9 Å². The van der Waals surface area contributed by atoms with Crippen molar-refractivity contribution in [1.29, 1.82) is 0 Å². The van der Waals surface area contributed by atoms with E-state index in [0.29, 0.717) is 11.3 Å². The van der Waals surface area contributed by atoms with Gasteiger partial charge in [0.1, 0.15) is 0 Å². The van der Waals surface area contributed by atoms with Crippen molar-refractivity contribution in [2.24, 2.45) is 10.2 Å². The van der Waals surface area contributed by atoms with Crippen LogP contribution in [0.5, 0.6) is 0 Å². The molecule has 0 bridgehead atoms. The first kappa shape index (κ1) is 18.0. The van der Waals surface area contributed by atoms with Crippen molar-refractivity contribution < 1.29 is 19.4 Å². The lowest BCUT2D eigenvalue weighted by Gasteiger charge is -2.04. The summed E-state index contributed by atoms with van der Waals surface area (Å²) in [6, 6.07) is 22.3. The van der Waals surface area contributed by atoms with Crippen LogP contribution in [-0.2, 0) is 9.78 Å². The third kappa shape index (κ3) is 5.09. The number of azo groups is 1. The second-order valence-corrected chi connectivity index (χ2v) is 5.69. The molecule has 0 unspecified atom stereocenters. The summed E-state index contributed by atoms with van der Waals surface area (Å²) in [6.45, 7) is 1.90. The van der Waals surface area contributed by atoms with Crippen LogP contribution >= 0.6 is 0 Å². The molecule has 3 aromatic rings. The standard InChI is InChI=1S/C21H16N2O4/c1-15-7-9-16(10-8-15)20(24)26-27-21(25)17-11-13-19(14-12-17)23-22-18-5-3-2-4-6-18/h2-14H,1H3. The van der Waals surface area contributed by atoms with Crippen molar-refractivity contribution in [1.82, 2.24) is 0 Å². The Bertz CT molecular complexity index is 950. The number of carbonyl (C=O) groups excluding carboxylic acids is 2. The van der Waals surface area contributed by atoms with E-state index in [9.17, 15) is 9.59 Å². The maximum absolute atomic E-state index is 12.0. The van der Waals surface area contributed by atoms with Crippen LogP contribution in [0, 0.1) is 6.92 Å². The van der Waals surface area contributed by atoms with Crippen LogP contribution < -0.4 is 0 Å². The quantitative estimate of drug-likeness (QED) is 0.357. The van der Waals surface area contributed by atoms with E-state index < -0.39 is 11.9 Å². The molecule has 0 saturated carbocycles. The molecule has 0 heterocycles. The van der Waals surface area contributed by atoms with Crippen LogP contribution in [0.2, 0.25) is 0 Å². The predicted octanol–water partition coefficient (Wildman–Crippen LogP) is 5.34. The van der Waals surface area contributed by atoms with Gasteiger partial charge in [0.25, 0.3) is 0 Å². The van der Waals surface area contributed by atoms with Crippen LogP contribution in [0.25, 0.3) is 0 Å². The third-order valence-corrected chi connectivity index (χ3v) is 3.62. The number of carbonyl (C=O) groups is 2. The summed E-state index contributed by atoms with van der Waals surface area (Å²) in [7, 11) is 0. The van der Waals surface area contributed by atoms with Crippen molar-refractivity contribution in [3.05, 3.63) is 95.6 Å². The predicted molar refractivity (Wildman–Crippen MR) is 99.1 cm³/mol. The number of nitrogens with zero attached hydrogens (tertiary/aromatic N) is 2. The summed E-state index contributed by atoms with van der Waals surface area (Å²) >= 11 is 0. The molecule has 0 N–H and O–H groups in total. The lowest BCUT2D eigenvalue weighted by Crippen LogP contribution is -2.11. The van der Waals surface area contributed by atoms with Gasteiger partial charge in [-0.25, -0.2) is 19.4 Å². The van der Waals surface area contributed by atoms with E-state index >= 15 is 0 Å². The van der Waals surface area contributed by atoms with Gasteiger partial charge in [0.15, 0.2) is 0 Å². The maximum Gasteiger partial charge on any atom is 0.386 e. The molecule has 3 aromatic carbocycles. The van der Waals surface area contributed by atoms with E-state index in [4.69, 9.17) is 0 Å². The SMILES string of the molecule is Cc1ccc(C(=O)OOC(=O)c2ccc(N=Nc3ccccc3)cc2)cc1. The Hall–Kier alpha value is -3.80. The third-order valence-electron chi connectivity index (χ3n) is 3.62. The summed E-state index contributed by atoms with van der Waals surface area (Å²) in [5.41, 5.74) is 2.83. The van der Waals surface area contributed by atoms with Gasteiger partial charge in [-0.15, -0.1) is 0 Å². The van der Waals surface area contributed by atoms with Crippen LogP contribution in [0.4, 0.5) is 11.4 Å². The molecule has 0 saturated heterocycles. The van der Waals surface area contributed by atoms with Crippen molar-refractivity contribution in [3.63, 3.8) is 0 Å². The Morgan fingerprint density at radius 2 is 1.07 bits per heavy atom. The molecule has 0 spiro atoms. The molecule has 0 aromatic heterocycles. The Morgan fingerprint density at radius 3 is 1.59 bits per heavy atom. The Morgan fingerprint density at radius 1 is 0.630 bits per heavy atom. The highest BCUT2D eigenvalue weighted by Gasteiger charge is 2.14. The maximum atomic E-state index is 12.0. The van der Waals surface area contributed by atoms with Gasteiger partial charge in [-0.3, -0.25) is 0 Å². The summed E-state index contributed by atoms with van der Waals surface area (Å²) < 4.78 is 0. The first-order chi connectivity index (χ1) is 13.1. The minimum absolute atomic E-state index is 0.227. The fraction of sp³-hybridized carbons (Fsp3) is 0.0476. The van der Waals surface area contributed by atoms with Gasteiger partial charge in [-0.2, -0.15) is 10.2 Å². The zero-order chi connectivity index (χ0) is 19.1. The molecule has 27 heavy (non-hydrogen) atoms. The highest BCUT2D eigenvalue weighted by atomic mass is 17.2. The summed E-state index contributed by atoms with van der Waals surface area (Å²) in [5.74, 6) is -1.52. The van der Waals surface area contributed by atoms with E-state index in [1.807, 2.05) is 37.3 Å².